The Kier molecular flexibility index (Phi) is 5.03. The fraction of sp³-hybridized carbons (Fsp3) is 0.250. The molecule has 20 heavy (non-hydrogen) atoms. The third-order valence-corrected chi connectivity index (χ3v) is 3.89. The number of hydrogen-bond donors (Lipinski definition) is 1. The average Bonchev–Trinajstić information content (AvgIpc) is 2.36. The Labute approximate surface area is 128 Å². The maximum atomic E-state index is 13.0. The van der Waals surface area contributed by atoms with Gasteiger partial charge in [0.15, 0.2) is 0 Å². The quantitative estimate of drug-likeness (QED) is 0.880. The smallest absolute Gasteiger partial charge is 0.124 e. The highest BCUT2D eigenvalue weighted by Gasteiger charge is 2.11. The summed E-state index contributed by atoms with van der Waals surface area (Å²) in [5.74, 6) is -0.339. The van der Waals surface area contributed by atoms with E-state index in [-0.39, 0.29) is 11.9 Å². The van der Waals surface area contributed by atoms with Gasteiger partial charge in [-0.25, -0.2) is 4.39 Å². The van der Waals surface area contributed by atoms with E-state index >= 15 is 0 Å². The molecule has 0 heterocycles. The molecule has 4 heteroatoms. The number of aryl methyl sites for hydroxylation is 1. The van der Waals surface area contributed by atoms with Crippen LogP contribution in [0.15, 0.2) is 36.4 Å². The van der Waals surface area contributed by atoms with Crippen molar-refractivity contribution in [2.45, 2.75) is 25.8 Å². The lowest BCUT2D eigenvalue weighted by Gasteiger charge is -2.14. The van der Waals surface area contributed by atoms with E-state index in [1.165, 1.54) is 12.1 Å². The molecule has 0 amide bonds. The van der Waals surface area contributed by atoms with Gasteiger partial charge < -0.3 is 5.73 Å². The van der Waals surface area contributed by atoms with Crippen molar-refractivity contribution in [3.63, 3.8) is 0 Å². The molecule has 0 saturated heterocycles. The zero-order valence-corrected chi connectivity index (χ0v) is 12.7. The maximum absolute atomic E-state index is 13.0. The first kappa shape index (κ1) is 15.3. The molecular weight excluding hydrogens is 296 g/mol. The molecule has 0 bridgehead atoms. The van der Waals surface area contributed by atoms with E-state index in [1.807, 2.05) is 25.1 Å². The molecule has 0 saturated carbocycles. The van der Waals surface area contributed by atoms with Gasteiger partial charge in [-0.3, -0.25) is 0 Å². The standard InChI is InChI=1S/C16H16Cl2FN/c1-10-2-3-11(15(17)6-10)7-14(20)8-12-4-5-13(19)9-16(12)18/h2-6,9,14H,7-8,20H2,1H3. The lowest BCUT2D eigenvalue weighted by atomic mass is 9.99. The molecule has 2 rings (SSSR count). The summed E-state index contributed by atoms with van der Waals surface area (Å²) in [6, 6.07) is 10.2. The fourth-order valence-corrected chi connectivity index (χ4v) is 2.70. The molecule has 2 aromatic rings. The van der Waals surface area contributed by atoms with Gasteiger partial charge in [-0.1, -0.05) is 41.4 Å². The van der Waals surface area contributed by atoms with E-state index in [4.69, 9.17) is 28.9 Å². The third kappa shape index (κ3) is 3.95. The summed E-state index contributed by atoms with van der Waals surface area (Å²) < 4.78 is 13.0. The second-order valence-corrected chi connectivity index (χ2v) is 5.81. The van der Waals surface area contributed by atoms with Crippen LogP contribution in [-0.4, -0.2) is 6.04 Å². The van der Waals surface area contributed by atoms with Gasteiger partial charge in [-0.15, -0.1) is 0 Å². The molecule has 106 valence electrons. The molecule has 2 aromatic carbocycles. The fourth-order valence-electron chi connectivity index (χ4n) is 2.14. The van der Waals surface area contributed by atoms with Crippen LogP contribution in [0.2, 0.25) is 10.0 Å². The molecule has 0 aromatic heterocycles. The first-order valence-corrected chi connectivity index (χ1v) is 7.16. The second kappa shape index (κ2) is 6.57. The van der Waals surface area contributed by atoms with E-state index in [2.05, 4.69) is 0 Å². The average molecular weight is 312 g/mol. The molecule has 1 nitrogen and oxygen atoms in total. The minimum Gasteiger partial charge on any atom is -0.327 e. The largest absolute Gasteiger partial charge is 0.327 e. The minimum atomic E-state index is -0.339. The van der Waals surface area contributed by atoms with Gasteiger partial charge in [0.1, 0.15) is 5.82 Å². The molecular formula is C16H16Cl2FN. The van der Waals surface area contributed by atoms with E-state index in [9.17, 15) is 4.39 Å². The van der Waals surface area contributed by atoms with E-state index < -0.39 is 0 Å². The highest BCUT2D eigenvalue weighted by atomic mass is 35.5. The summed E-state index contributed by atoms with van der Waals surface area (Å²) in [5.41, 5.74) is 9.13. The van der Waals surface area contributed by atoms with Crippen LogP contribution in [-0.2, 0) is 12.8 Å². The lowest BCUT2D eigenvalue weighted by Crippen LogP contribution is -2.25. The normalized spacial score (nSPS) is 12.4. The summed E-state index contributed by atoms with van der Waals surface area (Å²) in [4.78, 5) is 0. The molecule has 0 aliphatic carbocycles. The van der Waals surface area contributed by atoms with Crippen molar-refractivity contribution in [1.29, 1.82) is 0 Å². The number of benzene rings is 2. The molecule has 2 N–H and O–H groups in total. The second-order valence-electron chi connectivity index (χ2n) is 5.00. The van der Waals surface area contributed by atoms with Gasteiger partial charge >= 0.3 is 0 Å². The Bertz CT molecular complexity index is 560. The molecule has 0 aliphatic heterocycles. The predicted molar refractivity (Wildman–Crippen MR) is 83.0 cm³/mol. The van der Waals surface area contributed by atoms with Gasteiger partial charge in [-0.05, 0) is 54.7 Å². The number of halogens is 3. The summed E-state index contributed by atoms with van der Waals surface area (Å²) >= 11 is 12.2. The molecule has 0 aliphatic rings. The van der Waals surface area contributed by atoms with Crippen LogP contribution in [0.3, 0.4) is 0 Å². The molecule has 0 radical (unpaired) electrons. The summed E-state index contributed by atoms with van der Waals surface area (Å²) in [5, 5.41) is 1.14. The van der Waals surface area contributed by atoms with Crippen LogP contribution >= 0.6 is 23.2 Å². The van der Waals surface area contributed by atoms with Crippen molar-refractivity contribution in [2.75, 3.05) is 0 Å². The van der Waals surface area contributed by atoms with Crippen molar-refractivity contribution in [2.24, 2.45) is 5.73 Å². The van der Waals surface area contributed by atoms with E-state index in [0.717, 1.165) is 21.7 Å². The molecule has 0 spiro atoms. The Morgan fingerprint density at radius 3 is 2.10 bits per heavy atom. The minimum absolute atomic E-state index is 0.113. The summed E-state index contributed by atoms with van der Waals surface area (Å²) in [7, 11) is 0. The number of nitrogens with two attached hydrogens (primary N) is 1. The SMILES string of the molecule is Cc1ccc(CC(N)Cc2ccc(F)cc2Cl)c(Cl)c1. The summed E-state index contributed by atoms with van der Waals surface area (Å²) in [6.07, 6.45) is 1.25. The van der Waals surface area contributed by atoms with Crippen molar-refractivity contribution >= 4 is 23.2 Å². The van der Waals surface area contributed by atoms with Gasteiger partial charge in [0.25, 0.3) is 0 Å². The Morgan fingerprint density at radius 2 is 1.55 bits per heavy atom. The Balaban J connectivity index is 2.07. The van der Waals surface area contributed by atoms with Gasteiger partial charge in [0.05, 0.1) is 0 Å². The Hall–Kier alpha value is -1.09. The van der Waals surface area contributed by atoms with Crippen LogP contribution < -0.4 is 5.73 Å². The zero-order chi connectivity index (χ0) is 14.7. The third-order valence-electron chi connectivity index (χ3n) is 3.19. The van der Waals surface area contributed by atoms with Crippen LogP contribution in [0.1, 0.15) is 16.7 Å². The number of rotatable bonds is 4. The molecule has 1 unspecified atom stereocenters. The van der Waals surface area contributed by atoms with Gasteiger partial charge in [-0.2, -0.15) is 0 Å². The zero-order valence-electron chi connectivity index (χ0n) is 11.2. The summed E-state index contributed by atoms with van der Waals surface area (Å²) in [6.45, 7) is 1.99. The van der Waals surface area contributed by atoms with Crippen molar-refractivity contribution in [3.8, 4) is 0 Å². The van der Waals surface area contributed by atoms with Crippen molar-refractivity contribution < 1.29 is 4.39 Å². The van der Waals surface area contributed by atoms with Crippen LogP contribution in [0.25, 0.3) is 0 Å². The monoisotopic (exact) mass is 311 g/mol. The highest BCUT2D eigenvalue weighted by Crippen LogP contribution is 2.22. The topological polar surface area (TPSA) is 26.0 Å². The molecule has 0 fully saturated rings. The lowest BCUT2D eigenvalue weighted by molar-refractivity contribution is 0.623. The van der Waals surface area contributed by atoms with Crippen LogP contribution in [0.5, 0.6) is 0 Å². The molecule has 1 atom stereocenters. The number of hydrogen-bond acceptors (Lipinski definition) is 1. The van der Waals surface area contributed by atoms with E-state index in [1.54, 1.807) is 6.07 Å². The predicted octanol–water partition coefficient (Wildman–Crippen LogP) is 4.55. The van der Waals surface area contributed by atoms with Gasteiger partial charge in [0, 0.05) is 16.1 Å². The first-order chi connectivity index (χ1) is 9.45. The Morgan fingerprint density at radius 1 is 1.00 bits per heavy atom. The van der Waals surface area contributed by atoms with Crippen molar-refractivity contribution in [1.82, 2.24) is 0 Å². The van der Waals surface area contributed by atoms with Crippen LogP contribution in [0.4, 0.5) is 4.39 Å². The van der Waals surface area contributed by atoms with Crippen LogP contribution in [0, 0.1) is 12.7 Å². The van der Waals surface area contributed by atoms with E-state index in [0.29, 0.717) is 17.9 Å². The first-order valence-electron chi connectivity index (χ1n) is 6.40. The highest BCUT2D eigenvalue weighted by molar-refractivity contribution is 6.31. The van der Waals surface area contributed by atoms with Gasteiger partial charge in [0.2, 0.25) is 0 Å². The maximum Gasteiger partial charge on any atom is 0.124 e. The van der Waals surface area contributed by atoms with Crippen molar-refractivity contribution in [3.05, 3.63) is 69.0 Å².